The van der Waals surface area contributed by atoms with Crippen molar-refractivity contribution in [2.45, 2.75) is 6.42 Å². The molecule has 0 atom stereocenters. The summed E-state index contributed by atoms with van der Waals surface area (Å²) in [6, 6.07) is 12.9. The first kappa shape index (κ1) is 18.6. The second-order valence-electron chi connectivity index (χ2n) is 4.97. The van der Waals surface area contributed by atoms with E-state index in [9.17, 15) is 4.79 Å². The summed E-state index contributed by atoms with van der Waals surface area (Å²) in [6.07, 6.45) is 0.821. The molecule has 0 radical (unpaired) electrons. The topological polar surface area (TPSA) is 35.5 Å². The molecule has 0 N–H and O–H groups in total. The summed E-state index contributed by atoms with van der Waals surface area (Å²) in [5, 5.41) is 0.874. The molecule has 2 aromatic rings. The molecule has 0 saturated heterocycles. The lowest BCUT2D eigenvalue weighted by molar-refractivity contribution is 0.0597. The van der Waals surface area contributed by atoms with Crippen LogP contribution in [-0.4, -0.2) is 25.5 Å². The number of ether oxygens (including phenoxy) is 2. The highest BCUT2D eigenvalue weighted by molar-refractivity contribution is 9.09. The van der Waals surface area contributed by atoms with E-state index in [0.717, 1.165) is 22.9 Å². The largest absolute Gasteiger partial charge is 0.496 e. The molecule has 0 bridgehead atoms. The van der Waals surface area contributed by atoms with Crippen molar-refractivity contribution in [1.29, 1.82) is 0 Å². The molecule has 3 nitrogen and oxygen atoms in total. The lowest BCUT2D eigenvalue weighted by atomic mass is 10.1. The van der Waals surface area contributed by atoms with E-state index in [0.29, 0.717) is 16.9 Å². The van der Waals surface area contributed by atoms with Crippen molar-refractivity contribution in [2.75, 3.05) is 19.5 Å². The minimum atomic E-state index is -0.452. The third-order valence-corrected chi connectivity index (χ3v) is 3.69. The highest BCUT2D eigenvalue weighted by atomic mass is 79.9. The molecule has 0 amide bonds. The first-order valence-electron chi connectivity index (χ1n) is 7.61. The number of esters is 1. The number of rotatable bonds is 3. The van der Waals surface area contributed by atoms with Gasteiger partial charge in [-0.3, -0.25) is 0 Å². The Hall–Kier alpha value is -2.69. The lowest BCUT2D eigenvalue weighted by Crippen LogP contribution is -2.04. The zero-order valence-corrected chi connectivity index (χ0v) is 15.6. The van der Waals surface area contributed by atoms with E-state index in [1.807, 2.05) is 24.3 Å². The van der Waals surface area contributed by atoms with E-state index < -0.39 is 5.97 Å². The van der Waals surface area contributed by atoms with Crippen LogP contribution in [0.3, 0.4) is 0 Å². The molecule has 0 spiro atoms. The molecule has 0 unspecified atom stereocenters. The van der Waals surface area contributed by atoms with Crippen molar-refractivity contribution < 1.29 is 14.3 Å². The van der Waals surface area contributed by atoms with Crippen molar-refractivity contribution in [2.24, 2.45) is 0 Å². The number of methoxy groups -OCH3 is 2. The van der Waals surface area contributed by atoms with Crippen LogP contribution < -0.4 is 4.74 Å². The van der Waals surface area contributed by atoms with Crippen molar-refractivity contribution in [1.82, 2.24) is 0 Å². The number of alkyl halides is 1. The van der Waals surface area contributed by atoms with Crippen LogP contribution in [0.4, 0.5) is 0 Å². The second-order valence-corrected chi connectivity index (χ2v) is 5.77. The molecule has 0 saturated carbocycles. The molecule has 0 aromatic heterocycles. The monoisotopic (exact) mass is 396 g/mol. The predicted molar refractivity (Wildman–Crippen MR) is 102 cm³/mol. The van der Waals surface area contributed by atoms with E-state index in [4.69, 9.17) is 9.47 Å². The summed E-state index contributed by atoms with van der Waals surface area (Å²) in [5.74, 6) is 12.3. The Morgan fingerprint density at radius 2 is 1.56 bits per heavy atom. The average Bonchev–Trinajstić information content (AvgIpc) is 2.66. The fourth-order valence-electron chi connectivity index (χ4n) is 2.05. The Labute approximate surface area is 156 Å². The minimum absolute atomic E-state index is 0.356. The maximum atomic E-state index is 11.8. The molecule has 25 heavy (non-hydrogen) atoms. The van der Waals surface area contributed by atoms with Gasteiger partial charge in [0.1, 0.15) is 11.3 Å². The van der Waals surface area contributed by atoms with Gasteiger partial charge in [0.25, 0.3) is 0 Å². The molecule has 126 valence electrons. The zero-order valence-electron chi connectivity index (χ0n) is 14.1. The van der Waals surface area contributed by atoms with Gasteiger partial charge in [-0.1, -0.05) is 39.6 Å². The Morgan fingerprint density at radius 3 is 2.16 bits per heavy atom. The molecule has 2 rings (SSSR count). The third kappa shape index (κ3) is 5.41. The van der Waals surface area contributed by atoms with Crippen LogP contribution in [0.2, 0.25) is 0 Å². The maximum Gasteiger partial charge on any atom is 0.341 e. The lowest BCUT2D eigenvalue weighted by Gasteiger charge is -2.06. The van der Waals surface area contributed by atoms with Gasteiger partial charge in [-0.2, -0.15) is 0 Å². The summed E-state index contributed by atoms with van der Waals surface area (Å²) in [6.45, 7) is 0. The first-order chi connectivity index (χ1) is 12.2. The van der Waals surface area contributed by atoms with Gasteiger partial charge in [0.15, 0.2) is 0 Å². The minimum Gasteiger partial charge on any atom is -0.496 e. The zero-order chi connectivity index (χ0) is 18.1. The second kappa shape index (κ2) is 9.57. The van der Waals surface area contributed by atoms with Crippen molar-refractivity contribution in [3.63, 3.8) is 0 Å². The van der Waals surface area contributed by atoms with Crippen LogP contribution in [0.1, 0.15) is 33.5 Å². The Balaban J connectivity index is 2.21. The summed E-state index contributed by atoms with van der Waals surface area (Å²) in [4.78, 5) is 11.8. The molecule has 0 aliphatic carbocycles. The highest BCUT2D eigenvalue weighted by Gasteiger charge is 2.12. The molecular formula is C21H17BrO3. The van der Waals surface area contributed by atoms with Crippen LogP contribution >= 0.6 is 15.9 Å². The van der Waals surface area contributed by atoms with Crippen LogP contribution in [0.15, 0.2) is 42.5 Å². The Kier molecular flexibility index (Phi) is 7.14. The Morgan fingerprint density at radius 1 is 0.960 bits per heavy atom. The van der Waals surface area contributed by atoms with Crippen molar-refractivity contribution in [3.8, 4) is 29.4 Å². The Bertz CT molecular complexity index is 862. The SMILES string of the molecule is COC(=O)c1cc(C#Cc2ccc(C#CCCBr)cc2)ccc1OC. The van der Waals surface area contributed by atoms with E-state index in [1.165, 1.54) is 14.2 Å². The highest BCUT2D eigenvalue weighted by Crippen LogP contribution is 2.20. The summed E-state index contributed by atoms with van der Waals surface area (Å²) < 4.78 is 9.94. The van der Waals surface area contributed by atoms with Crippen LogP contribution in [0.5, 0.6) is 5.75 Å². The molecule has 0 aliphatic rings. The quantitative estimate of drug-likeness (QED) is 0.446. The summed E-state index contributed by atoms with van der Waals surface area (Å²) in [5.41, 5.74) is 2.90. The fraction of sp³-hybridized carbons (Fsp3) is 0.190. The molecular weight excluding hydrogens is 380 g/mol. The smallest absolute Gasteiger partial charge is 0.341 e. The van der Waals surface area contributed by atoms with Gasteiger partial charge in [0, 0.05) is 28.4 Å². The maximum absolute atomic E-state index is 11.8. The predicted octanol–water partition coefficient (Wildman–Crippen LogP) is 4.02. The molecule has 4 heteroatoms. The van der Waals surface area contributed by atoms with Gasteiger partial charge in [-0.05, 0) is 42.5 Å². The number of benzene rings is 2. The number of hydrogen-bond acceptors (Lipinski definition) is 3. The molecule has 0 heterocycles. The van der Waals surface area contributed by atoms with Crippen LogP contribution in [-0.2, 0) is 4.74 Å². The normalized spacial score (nSPS) is 9.24. The van der Waals surface area contributed by atoms with Gasteiger partial charge >= 0.3 is 5.97 Å². The van der Waals surface area contributed by atoms with E-state index in [2.05, 4.69) is 39.6 Å². The first-order valence-corrected chi connectivity index (χ1v) is 8.73. The average molecular weight is 397 g/mol. The molecule has 0 fully saturated rings. The van der Waals surface area contributed by atoms with E-state index >= 15 is 0 Å². The third-order valence-electron chi connectivity index (χ3n) is 3.29. The number of carbonyl (C=O) groups excluding carboxylic acids is 1. The van der Waals surface area contributed by atoms with Crippen LogP contribution in [0.25, 0.3) is 0 Å². The van der Waals surface area contributed by atoms with E-state index in [1.54, 1.807) is 18.2 Å². The fourth-order valence-corrected chi connectivity index (χ4v) is 2.25. The van der Waals surface area contributed by atoms with Gasteiger partial charge in [0.2, 0.25) is 0 Å². The summed E-state index contributed by atoms with van der Waals surface area (Å²) in [7, 11) is 2.85. The molecule has 2 aromatic carbocycles. The van der Waals surface area contributed by atoms with Gasteiger partial charge < -0.3 is 9.47 Å². The summed E-state index contributed by atoms with van der Waals surface area (Å²) >= 11 is 3.35. The van der Waals surface area contributed by atoms with Crippen molar-refractivity contribution in [3.05, 3.63) is 64.7 Å². The molecule has 0 aliphatic heterocycles. The van der Waals surface area contributed by atoms with Crippen molar-refractivity contribution >= 4 is 21.9 Å². The number of halogens is 1. The van der Waals surface area contributed by atoms with Gasteiger partial charge in [-0.15, -0.1) is 0 Å². The number of hydrogen-bond donors (Lipinski definition) is 0. The number of carbonyl (C=O) groups is 1. The van der Waals surface area contributed by atoms with Crippen LogP contribution in [0, 0.1) is 23.7 Å². The van der Waals surface area contributed by atoms with Gasteiger partial charge in [-0.25, -0.2) is 4.79 Å². The van der Waals surface area contributed by atoms with E-state index in [-0.39, 0.29) is 0 Å². The standard InChI is InChI=1S/C21H17BrO3/c1-24-20-13-12-18(15-19(20)21(23)25-2)11-10-17-8-6-16(7-9-17)5-3-4-14-22/h6-9,12-13,15H,4,14H2,1-2H3. The van der Waals surface area contributed by atoms with Gasteiger partial charge in [0.05, 0.1) is 14.2 Å².